The lowest BCUT2D eigenvalue weighted by molar-refractivity contribution is -0.115. The second-order valence-electron chi connectivity index (χ2n) is 4.07. The summed E-state index contributed by atoms with van der Waals surface area (Å²) in [7, 11) is 0. The molecule has 1 aromatic rings. The first kappa shape index (κ1) is 13.4. The molecule has 7 heteroatoms. The molecule has 0 bridgehead atoms. The standard InChI is InChI=1S/C11H15N3O2S2/c1-7(14-16)8-6-18-11(12-8)13-10(15)9-4-2-3-5-17-9/h6,9,16H,2-5H2,1H3,(H,12,13,15). The molecule has 98 valence electrons. The van der Waals surface area contributed by atoms with Crippen molar-refractivity contribution in [1.82, 2.24) is 4.98 Å². The molecule has 0 aromatic carbocycles. The van der Waals surface area contributed by atoms with Gasteiger partial charge in [0.2, 0.25) is 5.91 Å². The molecule has 1 unspecified atom stereocenters. The second kappa shape index (κ2) is 6.19. The minimum absolute atomic E-state index is 0.0270. The lowest BCUT2D eigenvalue weighted by atomic mass is 10.2. The summed E-state index contributed by atoms with van der Waals surface area (Å²) < 4.78 is 0. The van der Waals surface area contributed by atoms with Gasteiger partial charge in [-0.25, -0.2) is 4.98 Å². The summed E-state index contributed by atoms with van der Waals surface area (Å²) in [6.07, 6.45) is 3.25. The number of amides is 1. The van der Waals surface area contributed by atoms with Crippen LogP contribution in [0.5, 0.6) is 0 Å². The van der Waals surface area contributed by atoms with Crippen LogP contribution in [-0.4, -0.2) is 32.8 Å². The number of hydrogen-bond acceptors (Lipinski definition) is 6. The van der Waals surface area contributed by atoms with E-state index >= 15 is 0 Å². The van der Waals surface area contributed by atoms with Gasteiger partial charge in [-0.05, 0) is 25.5 Å². The van der Waals surface area contributed by atoms with Crippen molar-refractivity contribution in [3.05, 3.63) is 11.1 Å². The van der Waals surface area contributed by atoms with Crippen LogP contribution in [0.2, 0.25) is 0 Å². The van der Waals surface area contributed by atoms with Gasteiger partial charge >= 0.3 is 0 Å². The first-order valence-corrected chi connectivity index (χ1v) is 7.70. The van der Waals surface area contributed by atoms with Gasteiger partial charge in [-0.3, -0.25) is 4.79 Å². The van der Waals surface area contributed by atoms with Crippen LogP contribution in [0.15, 0.2) is 10.5 Å². The van der Waals surface area contributed by atoms with Crippen molar-refractivity contribution >= 4 is 39.8 Å². The molecule has 0 spiro atoms. The predicted molar refractivity (Wildman–Crippen MR) is 74.8 cm³/mol. The van der Waals surface area contributed by atoms with Gasteiger partial charge in [-0.15, -0.1) is 23.1 Å². The third kappa shape index (κ3) is 3.23. The summed E-state index contributed by atoms with van der Waals surface area (Å²) in [5, 5.41) is 16.9. The molecule has 18 heavy (non-hydrogen) atoms. The Balaban J connectivity index is 1.96. The highest BCUT2D eigenvalue weighted by atomic mass is 32.2. The van der Waals surface area contributed by atoms with Gasteiger partial charge in [0.15, 0.2) is 5.13 Å². The van der Waals surface area contributed by atoms with Crippen molar-refractivity contribution in [2.24, 2.45) is 5.16 Å². The quantitative estimate of drug-likeness (QED) is 0.508. The SMILES string of the molecule is CC(=NO)c1csc(NC(=O)C2CCCCS2)n1. The molecular weight excluding hydrogens is 270 g/mol. The van der Waals surface area contributed by atoms with E-state index in [1.807, 2.05) is 0 Å². The lowest BCUT2D eigenvalue weighted by Gasteiger charge is -2.19. The van der Waals surface area contributed by atoms with Gasteiger partial charge in [0, 0.05) is 5.38 Å². The first-order valence-electron chi connectivity index (χ1n) is 5.77. The number of nitrogens with zero attached hydrogens (tertiary/aromatic N) is 2. The number of aromatic nitrogens is 1. The highest BCUT2D eigenvalue weighted by molar-refractivity contribution is 8.00. The fourth-order valence-corrected chi connectivity index (χ4v) is 3.64. The molecule has 5 nitrogen and oxygen atoms in total. The summed E-state index contributed by atoms with van der Waals surface area (Å²) in [6, 6.07) is 0. The molecule has 0 radical (unpaired) electrons. The average Bonchev–Trinajstić information content (AvgIpc) is 2.87. The van der Waals surface area contributed by atoms with Crippen LogP contribution >= 0.6 is 23.1 Å². The number of rotatable bonds is 3. The summed E-state index contributed by atoms with van der Waals surface area (Å²) in [4.78, 5) is 16.2. The number of anilines is 1. The van der Waals surface area contributed by atoms with Crippen molar-refractivity contribution in [2.75, 3.05) is 11.1 Å². The van der Waals surface area contributed by atoms with Crippen molar-refractivity contribution in [3.63, 3.8) is 0 Å². The monoisotopic (exact) mass is 285 g/mol. The number of carbonyl (C=O) groups excluding carboxylic acids is 1. The highest BCUT2D eigenvalue weighted by Crippen LogP contribution is 2.26. The highest BCUT2D eigenvalue weighted by Gasteiger charge is 2.22. The Bertz CT molecular complexity index is 453. The molecule has 1 aromatic heterocycles. The van der Waals surface area contributed by atoms with E-state index in [9.17, 15) is 4.79 Å². The Kier molecular flexibility index (Phi) is 4.60. The second-order valence-corrected chi connectivity index (χ2v) is 6.24. The molecule has 1 amide bonds. The third-order valence-electron chi connectivity index (χ3n) is 2.73. The zero-order valence-electron chi connectivity index (χ0n) is 10.0. The number of thiazole rings is 1. The lowest BCUT2D eigenvalue weighted by Crippen LogP contribution is -2.27. The van der Waals surface area contributed by atoms with E-state index in [0.29, 0.717) is 16.5 Å². The number of carbonyl (C=O) groups is 1. The number of nitrogens with one attached hydrogen (secondary N) is 1. The number of hydrogen-bond donors (Lipinski definition) is 2. The summed E-state index contributed by atoms with van der Waals surface area (Å²) in [6.45, 7) is 1.66. The minimum atomic E-state index is 0.0270. The zero-order chi connectivity index (χ0) is 13.0. The van der Waals surface area contributed by atoms with Gasteiger partial charge in [-0.2, -0.15) is 0 Å². The van der Waals surface area contributed by atoms with Gasteiger partial charge in [0.25, 0.3) is 0 Å². The Labute approximate surface area is 114 Å². The van der Waals surface area contributed by atoms with Gasteiger partial charge in [0.05, 0.1) is 5.25 Å². The van der Waals surface area contributed by atoms with Gasteiger partial charge in [-0.1, -0.05) is 11.6 Å². The van der Waals surface area contributed by atoms with Crippen molar-refractivity contribution in [3.8, 4) is 0 Å². The smallest absolute Gasteiger partial charge is 0.239 e. The molecule has 2 heterocycles. The van der Waals surface area contributed by atoms with E-state index < -0.39 is 0 Å². The molecule has 0 saturated carbocycles. The van der Waals surface area contributed by atoms with Crippen LogP contribution in [0, 0.1) is 0 Å². The minimum Gasteiger partial charge on any atom is -0.411 e. The zero-order valence-corrected chi connectivity index (χ0v) is 11.7. The van der Waals surface area contributed by atoms with Crippen molar-refractivity contribution < 1.29 is 10.0 Å². The van der Waals surface area contributed by atoms with Crippen molar-refractivity contribution in [1.29, 1.82) is 0 Å². The van der Waals surface area contributed by atoms with Crippen LogP contribution in [-0.2, 0) is 4.79 Å². The normalized spacial score (nSPS) is 20.7. The van der Waals surface area contributed by atoms with Crippen LogP contribution < -0.4 is 5.32 Å². The third-order valence-corrected chi connectivity index (χ3v) is 4.86. The Morgan fingerprint density at radius 2 is 2.44 bits per heavy atom. The molecule has 1 atom stereocenters. The van der Waals surface area contributed by atoms with Crippen molar-refractivity contribution in [2.45, 2.75) is 31.4 Å². The van der Waals surface area contributed by atoms with E-state index in [1.54, 1.807) is 24.1 Å². The average molecular weight is 285 g/mol. The van der Waals surface area contributed by atoms with E-state index in [4.69, 9.17) is 5.21 Å². The molecule has 1 fully saturated rings. The molecule has 1 aliphatic heterocycles. The van der Waals surface area contributed by atoms with Crippen LogP contribution in [0.25, 0.3) is 0 Å². The Morgan fingerprint density at radius 1 is 1.61 bits per heavy atom. The van der Waals surface area contributed by atoms with Crippen LogP contribution in [0.3, 0.4) is 0 Å². The van der Waals surface area contributed by atoms with Crippen LogP contribution in [0.1, 0.15) is 31.9 Å². The molecule has 1 aliphatic rings. The number of oxime groups is 1. The van der Waals surface area contributed by atoms with Crippen LogP contribution in [0.4, 0.5) is 5.13 Å². The Morgan fingerprint density at radius 3 is 3.11 bits per heavy atom. The molecular formula is C11H15N3O2S2. The summed E-state index contributed by atoms with van der Waals surface area (Å²) >= 11 is 3.05. The predicted octanol–water partition coefficient (Wildman–Crippen LogP) is 2.57. The number of thioether (sulfide) groups is 1. The largest absolute Gasteiger partial charge is 0.411 e. The van der Waals surface area contributed by atoms with Gasteiger partial charge < -0.3 is 10.5 Å². The maximum Gasteiger partial charge on any atom is 0.239 e. The molecule has 2 rings (SSSR count). The molecule has 1 saturated heterocycles. The molecule has 2 N–H and O–H groups in total. The fourth-order valence-electron chi connectivity index (χ4n) is 1.68. The maximum absolute atomic E-state index is 12.0. The first-order chi connectivity index (χ1) is 8.70. The van der Waals surface area contributed by atoms with E-state index in [1.165, 1.54) is 17.8 Å². The summed E-state index contributed by atoms with van der Waals surface area (Å²) in [5.74, 6) is 1.08. The van der Waals surface area contributed by atoms with E-state index in [-0.39, 0.29) is 11.2 Å². The fraction of sp³-hybridized carbons (Fsp3) is 0.545. The summed E-state index contributed by atoms with van der Waals surface area (Å²) in [5.41, 5.74) is 1.04. The topological polar surface area (TPSA) is 74.6 Å². The van der Waals surface area contributed by atoms with E-state index in [0.717, 1.165) is 18.6 Å². The van der Waals surface area contributed by atoms with Gasteiger partial charge in [0.1, 0.15) is 11.4 Å². The van der Waals surface area contributed by atoms with E-state index in [2.05, 4.69) is 15.5 Å². The maximum atomic E-state index is 12.0. The Hall–Kier alpha value is -1.08. The molecule has 0 aliphatic carbocycles.